The van der Waals surface area contributed by atoms with Crippen molar-refractivity contribution in [2.45, 2.75) is 125 Å². The molecule has 23 rings (SSSR count). The molecule has 23 aromatic rings. The molecule has 0 fully saturated rings. The summed E-state index contributed by atoms with van der Waals surface area (Å²) in [6.45, 7) is 36.0. The SMILES string of the molecule is CC.CC.CC.CC.CC.CC.CC.CC.CC.c1cc2nccn2cn1.c1ccc2c(c1)ccc1nccn12.c1ccc2c(c1)ccn1ccnc21.c1ccc2cn3ccnc3cc2c1.c1cn2ccnc2cn1.c1cn2ccnc2nn1.c1cn2cncnc2n1.c1cn2ncncc2n1.c1cnn2ccnc2c1.c1cnn2ccnc2n1. The molecule has 0 amide bonds. The van der Waals surface area contributed by atoms with Crippen molar-refractivity contribution in [1.82, 2.24) is 150 Å². The van der Waals surface area contributed by atoms with Crippen molar-refractivity contribution in [3.8, 4) is 0 Å². The maximum atomic E-state index is 4.31. The van der Waals surface area contributed by atoms with Crippen LogP contribution in [0, 0.1) is 0 Å². The fourth-order valence-corrected chi connectivity index (χ4v) is 9.93. The lowest BCUT2D eigenvalue weighted by Gasteiger charge is -1.99. The minimum atomic E-state index is 0.637. The van der Waals surface area contributed by atoms with Gasteiger partial charge in [-0.25, -0.2) is 88.3 Å². The topological polar surface area (TPSA) is 315 Å². The van der Waals surface area contributed by atoms with Gasteiger partial charge in [0, 0.05) is 167 Å². The highest BCUT2D eigenvalue weighted by atomic mass is 15.3. The molecular formula is C89H109N31. The molecule has 0 unspecified atom stereocenters. The van der Waals surface area contributed by atoms with Gasteiger partial charge in [0.1, 0.15) is 47.9 Å². The first kappa shape index (κ1) is 95.2. The van der Waals surface area contributed by atoms with Crippen molar-refractivity contribution < 1.29 is 0 Å². The van der Waals surface area contributed by atoms with Gasteiger partial charge in [-0.3, -0.25) is 22.6 Å². The van der Waals surface area contributed by atoms with E-state index in [1.54, 1.807) is 153 Å². The molecule has 31 nitrogen and oxygen atoms in total. The van der Waals surface area contributed by atoms with Gasteiger partial charge >= 0.3 is 0 Å². The van der Waals surface area contributed by atoms with E-state index in [1.165, 1.54) is 45.1 Å². The third-order valence-corrected chi connectivity index (χ3v) is 14.7. The Kier molecular flexibility index (Phi) is 45.0. The number of benzene rings is 3. The Morgan fingerprint density at radius 2 is 0.775 bits per heavy atom. The maximum Gasteiger partial charge on any atom is 0.253 e. The number of fused-ring (bicyclic) bond motifs is 15. The zero-order valence-electron chi connectivity index (χ0n) is 71.6. The van der Waals surface area contributed by atoms with Crippen LogP contribution in [0.3, 0.4) is 0 Å². The number of para-hydroxylation sites is 1. The Morgan fingerprint density at radius 1 is 0.242 bits per heavy atom. The van der Waals surface area contributed by atoms with Crippen LogP contribution in [0.1, 0.15) is 125 Å². The molecule has 0 spiro atoms. The molecule has 0 radical (unpaired) electrons. The summed E-state index contributed by atoms with van der Waals surface area (Å²) in [6.07, 6.45) is 63.6. The monoisotopic (exact) mass is 1610 g/mol. The molecule has 0 aliphatic carbocycles. The van der Waals surface area contributed by atoms with Gasteiger partial charge < -0.3 is 13.2 Å². The van der Waals surface area contributed by atoms with Crippen molar-refractivity contribution in [3.63, 3.8) is 0 Å². The lowest BCUT2D eigenvalue weighted by molar-refractivity contribution is 0.897. The van der Waals surface area contributed by atoms with Crippen molar-refractivity contribution in [2.75, 3.05) is 0 Å². The van der Waals surface area contributed by atoms with Crippen LogP contribution in [0.15, 0.2) is 339 Å². The molecule has 0 aliphatic heterocycles. The largest absolute Gasteiger partial charge is 0.307 e. The highest BCUT2D eigenvalue weighted by Gasteiger charge is 2.02. The molecule has 3 aromatic carbocycles. The molecule has 120 heavy (non-hydrogen) atoms. The Labute approximate surface area is 698 Å². The van der Waals surface area contributed by atoms with E-state index in [0.717, 1.165) is 39.5 Å². The predicted octanol–water partition coefficient (Wildman–Crippen LogP) is 19.4. The summed E-state index contributed by atoms with van der Waals surface area (Å²) in [5.41, 5.74) is 7.71. The second-order valence-corrected chi connectivity index (χ2v) is 21.0. The number of imidazole rings is 10. The summed E-state index contributed by atoms with van der Waals surface area (Å²) in [6, 6.07) is 38.8. The Morgan fingerprint density at radius 3 is 1.50 bits per heavy atom. The summed E-state index contributed by atoms with van der Waals surface area (Å²) < 4.78 is 18.5. The first-order valence-corrected chi connectivity index (χ1v) is 40.1. The maximum absolute atomic E-state index is 4.31. The Bertz CT molecular complexity index is 5430. The average Bonchev–Trinajstić information content (AvgIpc) is 1.26. The highest BCUT2D eigenvalue weighted by Crippen LogP contribution is 2.19. The summed E-state index contributed by atoms with van der Waals surface area (Å²) in [5, 5.41) is 25.4. The van der Waals surface area contributed by atoms with Gasteiger partial charge in [-0.15, -0.1) is 5.10 Å². The van der Waals surface area contributed by atoms with Crippen LogP contribution >= 0.6 is 0 Å². The normalized spacial score (nSPS) is 9.42. The van der Waals surface area contributed by atoms with Gasteiger partial charge in [0.05, 0.1) is 42.7 Å². The van der Waals surface area contributed by atoms with Crippen LogP contribution in [0.2, 0.25) is 0 Å². The van der Waals surface area contributed by atoms with Gasteiger partial charge in [-0.05, 0) is 70.1 Å². The van der Waals surface area contributed by atoms with Crippen LogP contribution in [0.25, 0.3) is 89.3 Å². The number of hydrogen-bond donors (Lipinski definition) is 0. The van der Waals surface area contributed by atoms with E-state index in [9.17, 15) is 0 Å². The van der Waals surface area contributed by atoms with E-state index in [4.69, 9.17) is 0 Å². The molecule has 620 valence electrons. The molecule has 0 saturated heterocycles. The lowest BCUT2D eigenvalue weighted by atomic mass is 10.2. The van der Waals surface area contributed by atoms with E-state index in [2.05, 4.69) is 170 Å². The Balaban J connectivity index is 0.000000233. The van der Waals surface area contributed by atoms with E-state index in [1.807, 2.05) is 277 Å². The van der Waals surface area contributed by atoms with Crippen molar-refractivity contribution in [3.05, 3.63) is 339 Å². The van der Waals surface area contributed by atoms with Crippen LogP contribution in [-0.2, 0) is 0 Å². The predicted molar refractivity (Wildman–Crippen MR) is 482 cm³/mol. The third-order valence-electron chi connectivity index (χ3n) is 14.7. The molecule has 0 saturated carbocycles. The number of hydrogen-bond acceptors (Lipinski definition) is 21. The molecule has 20 aromatic heterocycles. The molecule has 0 N–H and O–H groups in total. The van der Waals surface area contributed by atoms with Crippen molar-refractivity contribution in [1.29, 1.82) is 0 Å². The average molecular weight is 1610 g/mol. The molecule has 0 atom stereocenters. The molecule has 31 heteroatoms. The molecule has 0 bridgehead atoms. The van der Waals surface area contributed by atoms with Crippen LogP contribution in [0.5, 0.6) is 0 Å². The van der Waals surface area contributed by atoms with Crippen molar-refractivity contribution in [2.24, 2.45) is 0 Å². The molecule has 0 aliphatic rings. The van der Waals surface area contributed by atoms with Crippen LogP contribution in [0.4, 0.5) is 0 Å². The first-order chi connectivity index (χ1) is 59.6. The van der Waals surface area contributed by atoms with Gasteiger partial charge in [0.25, 0.3) is 11.6 Å². The molecule has 20 heterocycles. The van der Waals surface area contributed by atoms with E-state index in [0.29, 0.717) is 17.3 Å². The highest BCUT2D eigenvalue weighted by molar-refractivity contribution is 5.93. The minimum absolute atomic E-state index is 0.637. The standard InChI is InChI=1S/3C11H8N2.3C6H5N3.4C5H4N4.9C2H6/c1-2-4-10-9(3-1)5-7-13-8-6-12-11(10)13;1-2-4-10-8-13-6-5-12-11(13)7-9(10)3-1;1-2-4-10-9(3-1)5-6-11-12-7-8-13(10)11;1-3-9-4-2-8-6(9)5-7-1;1-2-7-5-9-4-3-8-6(1)9;1-2-6-7-4-5-9(6)8-3-1;1-3-9-4-2-7-8-5(9)6-1;1-2-9-4-6-3-8-5(9)7-1;1-2-9-5(7-1)3-6-4-8-9;1-2-8-9-4-3-7-5(9)6-1;9*1-2/h3*1-8H;3*1-5H;4*1-4H;9*1-2H3. The number of nitrogens with zero attached hydrogens (tertiary/aromatic N) is 31. The van der Waals surface area contributed by atoms with Gasteiger partial charge in [-0.2, -0.15) is 20.4 Å². The summed E-state index contributed by atoms with van der Waals surface area (Å²) in [5.74, 6) is 1.96. The fourth-order valence-electron chi connectivity index (χ4n) is 9.93. The fraction of sp³-hybridized carbons (Fsp3) is 0.202. The minimum Gasteiger partial charge on any atom is -0.307 e. The van der Waals surface area contributed by atoms with Crippen molar-refractivity contribution >= 4 is 89.3 Å². The zero-order chi connectivity index (χ0) is 86.8. The quantitative estimate of drug-likeness (QED) is 0.136. The third kappa shape index (κ3) is 28.5. The van der Waals surface area contributed by atoms with Crippen LogP contribution < -0.4 is 0 Å². The second-order valence-electron chi connectivity index (χ2n) is 21.0. The first-order valence-electron chi connectivity index (χ1n) is 40.1. The van der Waals surface area contributed by atoms with E-state index in [-0.39, 0.29) is 0 Å². The number of pyridine rings is 3. The van der Waals surface area contributed by atoms with Gasteiger partial charge in [0.2, 0.25) is 5.78 Å². The molecular weight excluding hydrogens is 1500 g/mol. The van der Waals surface area contributed by atoms with Gasteiger partial charge in [0.15, 0.2) is 16.9 Å². The number of aromatic nitrogens is 31. The Hall–Kier alpha value is -15.4. The zero-order valence-corrected chi connectivity index (χ0v) is 71.6. The lowest BCUT2D eigenvalue weighted by Crippen LogP contribution is -1.89. The summed E-state index contributed by atoms with van der Waals surface area (Å²) in [4.78, 5) is 63.8. The van der Waals surface area contributed by atoms with Gasteiger partial charge in [-0.1, -0.05) is 191 Å². The summed E-state index contributed by atoms with van der Waals surface area (Å²) in [7, 11) is 0. The number of rotatable bonds is 0. The van der Waals surface area contributed by atoms with E-state index < -0.39 is 0 Å². The second kappa shape index (κ2) is 56.7. The summed E-state index contributed by atoms with van der Waals surface area (Å²) >= 11 is 0. The van der Waals surface area contributed by atoms with Crippen LogP contribution in [-0.4, -0.2) is 150 Å². The van der Waals surface area contributed by atoms with E-state index >= 15 is 0 Å². The smallest absolute Gasteiger partial charge is 0.253 e.